The van der Waals surface area contributed by atoms with Crippen molar-refractivity contribution in [3.05, 3.63) is 59.4 Å². The van der Waals surface area contributed by atoms with Crippen molar-refractivity contribution >= 4 is 23.2 Å². The van der Waals surface area contributed by atoms with E-state index in [1.54, 1.807) is 6.92 Å². The molecule has 1 aliphatic heterocycles. The lowest BCUT2D eigenvalue weighted by Gasteiger charge is -2.17. The summed E-state index contributed by atoms with van der Waals surface area (Å²) in [5.74, 6) is -2.34. The second kappa shape index (κ2) is 7.02. The highest BCUT2D eigenvalue weighted by Gasteiger charge is 2.38. The van der Waals surface area contributed by atoms with E-state index in [4.69, 9.17) is 0 Å². The largest absolute Gasteiger partial charge is 0.416 e. The summed E-state index contributed by atoms with van der Waals surface area (Å²) in [5.41, 5.74) is 0.244. The molecule has 1 N–H and O–H groups in total. The van der Waals surface area contributed by atoms with Crippen molar-refractivity contribution < 1.29 is 27.2 Å². The zero-order valence-corrected chi connectivity index (χ0v) is 14.3. The Hall–Kier alpha value is -2.90. The minimum absolute atomic E-state index is 0.178. The van der Waals surface area contributed by atoms with Gasteiger partial charge in [-0.05, 0) is 61.4 Å². The van der Waals surface area contributed by atoms with Crippen molar-refractivity contribution in [2.45, 2.75) is 19.5 Å². The van der Waals surface area contributed by atoms with Gasteiger partial charge in [0.05, 0.1) is 5.56 Å². The van der Waals surface area contributed by atoms with Gasteiger partial charge in [0.2, 0.25) is 11.8 Å². The molecule has 27 heavy (non-hydrogen) atoms. The number of nitrogens with one attached hydrogen (secondary N) is 1. The number of hydrogen-bond acceptors (Lipinski definition) is 2. The van der Waals surface area contributed by atoms with Crippen molar-refractivity contribution in [2.24, 2.45) is 5.92 Å². The predicted octanol–water partition coefficient (Wildman–Crippen LogP) is 4.14. The highest BCUT2D eigenvalue weighted by molar-refractivity contribution is 6.13. The van der Waals surface area contributed by atoms with Gasteiger partial charge in [-0.2, -0.15) is 13.2 Å². The normalized spacial score (nSPS) is 17.3. The van der Waals surface area contributed by atoms with Crippen molar-refractivity contribution in [1.82, 2.24) is 0 Å². The topological polar surface area (TPSA) is 49.4 Å². The number of hydrogen-bond donors (Lipinski definition) is 1. The van der Waals surface area contributed by atoms with Gasteiger partial charge < -0.3 is 10.2 Å². The van der Waals surface area contributed by atoms with Crippen LogP contribution in [0.25, 0.3) is 0 Å². The van der Waals surface area contributed by atoms with E-state index in [1.807, 2.05) is 0 Å². The van der Waals surface area contributed by atoms with Crippen LogP contribution in [0.4, 0.5) is 28.9 Å². The van der Waals surface area contributed by atoms with Gasteiger partial charge in [-0.15, -0.1) is 0 Å². The lowest BCUT2D eigenvalue weighted by molar-refractivity contribution is -0.137. The Labute approximate surface area is 152 Å². The number of aryl methyl sites for hydroxylation is 1. The summed E-state index contributed by atoms with van der Waals surface area (Å²) in [6.45, 7) is 1.88. The average Bonchev–Trinajstić information content (AvgIpc) is 2.98. The Morgan fingerprint density at radius 3 is 2.41 bits per heavy atom. The summed E-state index contributed by atoms with van der Waals surface area (Å²) < 4.78 is 51.1. The fourth-order valence-corrected chi connectivity index (χ4v) is 2.95. The summed E-state index contributed by atoms with van der Waals surface area (Å²) in [6, 6.07) is 8.26. The Morgan fingerprint density at radius 1 is 1.15 bits per heavy atom. The van der Waals surface area contributed by atoms with E-state index >= 15 is 0 Å². The number of carbonyl (C=O) groups excluding carboxylic acids is 2. The molecule has 0 saturated carbocycles. The molecule has 1 saturated heterocycles. The number of amides is 2. The molecule has 2 amide bonds. The number of anilines is 2. The lowest BCUT2D eigenvalue weighted by atomic mass is 10.1. The fraction of sp³-hybridized carbons (Fsp3) is 0.263. The van der Waals surface area contributed by atoms with E-state index < -0.39 is 29.5 Å². The van der Waals surface area contributed by atoms with Crippen molar-refractivity contribution in [3.8, 4) is 0 Å². The first kappa shape index (κ1) is 18.9. The third kappa shape index (κ3) is 3.94. The van der Waals surface area contributed by atoms with E-state index in [0.29, 0.717) is 17.8 Å². The molecule has 142 valence electrons. The molecule has 0 radical (unpaired) electrons. The number of nitrogens with zero attached hydrogens (tertiary/aromatic N) is 1. The fourth-order valence-electron chi connectivity index (χ4n) is 2.95. The molecule has 1 atom stereocenters. The quantitative estimate of drug-likeness (QED) is 0.643. The van der Waals surface area contributed by atoms with Gasteiger partial charge in [0.1, 0.15) is 11.7 Å². The van der Waals surface area contributed by atoms with Gasteiger partial charge in [-0.3, -0.25) is 9.59 Å². The molecular formula is C19H16F4N2O2. The lowest BCUT2D eigenvalue weighted by Crippen LogP contribution is -2.33. The van der Waals surface area contributed by atoms with Crippen LogP contribution in [-0.2, 0) is 15.8 Å². The van der Waals surface area contributed by atoms with Crippen molar-refractivity contribution in [1.29, 1.82) is 0 Å². The molecule has 0 aliphatic carbocycles. The average molecular weight is 380 g/mol. The maximum absolute atomic E-state index is 13.4. The van der Waals surface area contributed by atoms with Crippen LogP contribution in [0.1, 0.15) is 17.5 Å². The number of rotatable bonds is 3. The van der Waals surface area contributed by atoms with Gasteiger partial charge >= 0.3 is 6.18 Å². The van der Waals surface area contributed by atoms with Crippen molar-refractivity contribution in [3.63, 3.8) is 0 Å². The van der Waals surface area contributed by atoms with Gasteiger partial charge in [0.15, 0.2) is 0 Å². The third-order valence-corrected chi connectivity index (χ3v) is 4.45. The van der Waals surface area contributed by atoms with Crippen LogP contribution in [0.5, 0.6) is 0 Å². The summed E-state index contributed by atoms with van der Waals surface area (Å²) in [5, 5.41) is 2.47. The highest BCUT2D eigenvalue weighted by Crippen LogP contribution is 2.31. The highest BCUT2D eigenvalue weighted by atomic mass is 19.4. The molecule has 2 aromatic rings. The summed E-state index contributed by atoms with van der Waals surface area (Å²) in [4.78, 5) is 26.3. The second-order valence-electron chi connectivity index (χ2n) is 6.33. The molecule has 2 aromatic carbocycles. The first-order valence-electron chi connectivity index (χ1n) is 8.22. The molecule has 0 bridgehead atoms. The molecule has 8 heteroatoms. The summed E-state index contributed by atoms with van der Waals surface area (Å²) >= 11 is 0. The molecule has 0 unspecified atom stereocenters. The predicted molar refractivity (Wildman–Crippen MR) is 91.7 cm³/mol. The van der Waals surface area contributed by atoms with Gasteiger partial charge in [0.25, 0.3) is 0 Å². The Balaban J connectivity index is 1.69. The molecular weight excluding hydrogens is 364 g/mol. The van der Waals surface area contributed by atoms with Crippen LogP contribution >= 0.6 is 0 Å². The Bertz CT molecular complexity index is 878. The standard InChI is InChI=1S/C19H16F4N2O2/c1-11-10-14(6-7-16(11)20)25-9-8-15(18(25)27)17(26)24-13-4-2-12(3-5-13)19(21,22)23/h2-7,10,15H,8-9H2,1H3,(H,24,26)/t15-/m0/s1. The molecule has 1 heterocycles. The molecule has 0 spiro atoms. The van der Waals surface area contributed by atoms with Crippen LogP contribution in [0.15, 0.2) is 42.5 Å². The van der Waals surface area contributed by atoms with Crippen molar-refractivity contribution in [2.75, 3.05) is 16.8 Å². The van der Waals surface area contributed by atoms with Crippen LogP contribution in [0.2, 0.25) is 0 Å². The van der Waals surface area contributed by atoms with E-state index in [-0.39, 0.29) is 17.9 Å². The number of carbonyl (C=O) groups is 2. The first-order chi connectivity index (χ1) is 12.7. The molecule has 1 fully saturated rings. The van der Waals surface area contributed by atoms with Crippen LogP contribution in [0.3, 0.4) is 0 Å². The van der Waals surface area contributed by atoms with E-state index in [9.17, 15) is 27.2 Å². The number of alkyl halides is 3. The molecule has 1 aliphatic rings. The smallest absolute Gasteiger partial charge is 0.325 e. The molecule has 4 nitrogen and oxygen atoms in total. The minimum atomic E-state index is -4.46. The number of halogens is 4. The van der Waals surface area contributed by atoms with Crippen LogP contribution in [-0.4, -0.2) is 18.4 Å². The van der Waals surface area contributed by atoms with Gasteiger partial charge in [-0.1, -0.05) is 0 Å². The van der Waals surface area contributed by atoms with Gasteiger partial charge in [0, 0.05) is 17.9 Å². The zero-order chi connectivity index (χ0) is 19.8. The maximum Gasteiger partial charge on any atom is 0.416 e. The maximum atomic E-state index is 13.4. The molecule has 3 rings (SSSR count). The van der Waals surface area contributed by atoms with E-state index in [0.717, 1.165) is 24.3 Å². The zero-order valence-electron chi connectivity index (χ0n) is 14.3. The van der Waals surface area contributed by atoms with Gasteiger partial charge in [-0.25, -0.2) is 4.39 Å². The van der Waals surface area contributed by atoms with E-state index in [2.05, 4.69) is 5.32 Å². The first-order valence-corrected chi connectivity index (χ1v) is 8.22. The number of benzene rings is 2. The van der Waals surface area contributed by atoms with Crippen LogP contribution < -0.4 is 10.2 Å². The SMILES string of the molecule is Cc1cc(N2CC[C@@H](C(=O)Nc3ccc(C(F)(F)F)cc3)C2=O)ccc1F. The van der Waals surface area contributed by atoms with E-state index in [1.165, 1.54) is 23.1 Å². The third-order valence-electron chi connectivity index (χ3n) is 4.45. The second-order valence-corrected chi connectivity index (χ2v) is 6.33. The monoisotopic (exact) mass is 380 g/mol. The Morgan fingerprint density at radius 2 is 1.81 bits per heavy atom. The summed E-state index contributed by atoms with van der Waals surface area (Å²) in [7, 11) is 0. The Kier molecular flexibility index (Phi) is 4.91. The summed E-state index contributed by atoms with van der Waals surface area (Å²) in [6.07, 6.45) is -4.19. The minimum Gasteiger partial charge on any atom is -0.325 e. The molecule has 0 aromatic heterocycles. The van der Waals surface area contributed by atoms with Crippen LogP contribution in [0, 0.1) is 18.7 Å².